The topological polar surface area (TPSA) is 45.7 Å². The van der Waals surface area contributed by atoms with Gasteiger partial charge in [-0.3, -0.25) is 0 Å². The van der Waals surface area contributed by atoms with E-state index in [1.54, 1.807) is 17.2 Å². The van der Waals surface area contributed by atoms with Gasteiger partial charge in [-0.05, 0) is 32.9 Å². The molecule has 110 valence electrons. The Morgan fingerprint density at radius 2 is 1.90 bits per heavy atom. The average Bonchev–Trinajstić information content (AvgIpc) is 2.38. The van der Waals surface area contributed by atoms with Gasteiger partial charge in [0.15, 0.2) is 0 Å². The summed E-state index contributed by atoms with van der Waals surface area (Å²) < 4.78 is 5.37. The molecule has 0 unspecified atom stereocenters. The van der Waals surface area contributed by atoms with E-state index in [2.05, 4.69) is 9.88 Å². The molecule has 1 aliphatic rings. The average molecular weight is 298 g/mol. The maximum absolute atomic E-state index is 12.0. The molecule has 0 aliphatic carbocycles. The molecule has 0 aromatic carbocycles. The van der Waals surface area contributed by atoms with Gasteiger partial charge in [0.05, 0.1) is 11.9 Å². The van der Waals surface area contributed by atoms with E-state index in [1.807, 2.05) is 26.8 Å². The highest BCUT2D eigenvalue weighted by Gasteiger charge is 2.25. The third-order valence-corrected chi connectivity index (χ3v) is 3.23. The van der Waals surface area contributed by atoms with Crippen LogP contribution in [-0.2, 0) is 4.74 Å². The molecule has 6 heteroatoms. The second-order valence-electron chi connectivity index (χ2n) is 5.79. The number of anilines is 1. The molecular formula is C14H20ClN3O2. The Balaban J connectivity index is 1.89. The van der Waals surface area contributed by atoms with Crippen molar-refractivity contribution in [2.45, 2.75) is 26.4 Å². The summed E-state index contributed by atoms with van der Waals surface area (Å²) in [7, 11) is 0. The fourth-order valence-electron chi connectivity index (χ4n) is 2.03. The van der Waals surface area contributed by atoms with Crippen molar-refractivity contribution in [1.82, 2.24) is 9.88 Å². The van der Waals surface area contributed by atoms with Crippen LogP contribution < -0.4 is 4.90 Å². The third-order valence-electron chi connectivity index (χ3n) is 3.01. The van der Waals surface area contributed by atoms with Gasteiger partial charge < -0.3 is 14.5 Å². The molecule has 1 saturated heterocycles. The van der Waals surface area contributed by atoms with Gasteiger partial charge in [0, 0.05) is 26.2 Å². The molecule has 1 aromatic heterocycles. The highest BCUT2D eigenvalue weighted by Crippen LogP contribution is 2.18. The number of carbonyl (C=O) groups excluding carboxylic acids is 1. The Labute approximate surface area is 124 Å². The summed E-state index contributed by atoms with van der Waals surface area (Å²) >= 11 is 5.78. The minimum absolute atomic E-state index is 0.244. The van der Waals surface area contributed by atoms with Crippen LogP contribution in [0, 0.1) is 0 Å². The summed E-state index contributed by atoms with van der Waals surface area (Å²) in [6, 6.07) is 3.72. The van der Waals surface area contributed by atoms with E-state index in [9.17, 15) is 4.79 Å². The molecule has 5 nitrogen and oxygen atoms in total. The van der Waals surface area contributed by atoms with Gasteiger partial charge in [-0.1, -0.05) is 11.6 Å². The minimum Gasteiger partial charge on any atom is -0.444 e. The maximum atomic E-state index is 12.0. The van der Waals surface area contributed by atoms with Gasteiger partial charge in [-0.25, -0.2) is 9.78 Å². The Hall–Kier alpha value is -1.49. The van der Waals surface area contributed by atoms with Crippen molar-refractivity contribution in [1.29, 1.82) is 0 Å². The molecule has 0 N–H and O–H groups in total. The Morgan fingerprint density at radius 1 is 1.25 bits per heavy atom. The number of carbonyl (C=O) groups is 1. The molecule has 0 saturated carbocycles. The summed E-state index contributed by atoms with van der Waals surface area (Å²) in [4.78, 5) is 20.0. The summed E-state index contributed by atoms with van der Waals surface area (Å²) in [5, 5.41) is 0.487. The lowest BCUT2D eigenvalue weighted by Gasteiger charge is -2.36. The number of hydrogen-bond acceptors (Lipinski definition) is 4. The first-order chi connectivity index (χ1) is 9.35. The van der Waals surface area contributed by atoms with Gasteiger partial charge in [0.1, 0.15) is 10.8 Å². The summed E-state index contributed by atoms with van der Waals surface area (Å²) in [6.45, 7) is 8.46. The minimum atomic E-state index is -0.450. The largest absolute Gasteiger partial charge is 0.444 e. The molecular weight excluding hydrogens is 278 g/mol. The molecule has 1 fully saturated rings. The predicted octanol–water partition coefficient (Wildman–Crippen LogP) is 2.79. The molecule has 1 aliphatic heterocycles. The van der Waals surface area contributed by atoms with Crippen molar-refractivity contribution < 1.29 is 9.53 Å². The molecule has 1 amide bonds. The zero-order chi connectivity index (χ0) is 14.8. The normalized spacial score (nSPS) is 16.2. The van der Waals surface area contributed by atoms with Crippen LogP contribution in [-0.4, -0.2) is 47.8 Å². The lowest BCUT2D eigenvalue weighted by atomic mass is 10.2. The van der Waals surface area contributed by atoms with E-state index < -0.39 is 5.60 Å². The Morgan fingerprint density at radius 3 is 2.40 bits per heavy atom. The fraction of sp³-hybridized carbons (Fsp3) is 0.571. The quantitative estimate of drug-likeness (QED) is 0.748. The monoisotopic (exact) mass is 297 g/mol. The van der Waals surface area contributed by atoms with Crippen molar-refractivity contribution >= 4 is 23.4 Å². The van der Waals surface area contributed by atoms with Crippen LogP contribution in [0.25, 0.3) is 0 Å². The zero-order valence-electron chi connectivity index (χ0n) is 12.1. The highest BCUT2D eigenvalue weighted by molar-refractivity contribution is 6.29. The van der Waals surface area contributed by atoms with E-state index in [4.69, 9.17) is 16.3 Å². The standard InChI is InChI=1S/C14H20ClN3O2/c1-14(2,3)20-13(19)18-8-6-17(7-9-18)11-4-5-12(15)16-10-11/h4-5,10H,6-9H2,1-3H3. The van der Waals surface area contributed by atoms with Crippen molar-refractivity contribution in [2.75, 3.05) is 31.1 Å². The van der Waals surface area contributed by atoms with Crippen LogP contribution in [0.15, 0.2) is 18.3 Å². The summed E-state index contributed by atoms with van der Waals surface area (Å²) in [5.41, 5.74) is 0.576. The van der Waals surface area contributed by atoms with Crippen molar-refractivity contribution in [3.63, 3.8) is 0 Å². The number of amides is 1. The van der Waals surface area contributed by atoms with E-state index in [0.29, 0.717) is 18.2 Å². The Bertz CT molecular complexity index is 462. The smallest absolute Gasteiger partial charge is 0.410 e. The number of piperazine rings is 1. The van der Waals surface area contributed by atoms with Crippen molar-refractivity contribution in [3.8, 4) is 0 Å². The fourth-order valence-corrected chi connectivity index (χ4v) is 2.14. The predicted molar refractivity (Wildman–Crippen MR) is 79.3 cm³/mol. The van der Waals surface area contributed by atoms with E-state index >= 15 is 0 Å². The number of hydrogen-bond donors (Lipinski definition) is 0. The number of rotatable bonds is 1. The molecule has 2 rings (SSSR count). The van der Waals surface area contributed by atoms with Crippen LogP contribution in [0.3, 0.4) is 0 Å². The molecule has 0 spiro atoms. The first-order valence-corrected chi connectivity index (χ1v) is 7.07. The van der Waals surface area contributed by atoms with Gasteiger partial charge in [0.2, 0.25) is 0 Å². The number of pyridine rings is 1. The first kappa shape index (κ1) is 14.9. The number of ether oxygens (including phenoxy) is 1. The van der Waals surface area contributed by atoms with Gasteiger partial charge in [0.25, 0.3) is 0 Å². The Kier molecular flexibility index (Phi) is 4.38. The van der Waals surface area contributed by atoms with Crippen molar-refractivity contribution in [3.05, 3.63) is 23.5 Å². The summed E-state index contributed by atoms with van der Waals surface area (Å²) in [5.74, 6) is 0. The van der Waals surface area contributed by atoms with Crippen LogP contribution in [0.5, 0.6) is 0 Å². The second kappa shape index (κ2) is 5.87. The number of aromatic nitrogens is 1. The second-order valence-corrected chi connectivity index (χ2v) is 6.18. The van der Waals surface area contributed by atoms with E-state index in [-0.39, 0.29) is 6.09 Å². The van der Waals surface area contributed by atoms with Crippen LogP contribution in [0.1, 0.15) is 20.8 Å². The molecule has 0 bridgehead atoms. The molecule has 1 aromatic rings. The lowest BCUT2D eigenvalue weighted by Crippen LogP contribution is -2.50. The highest BCUT2D eigenvalue weighted by atomic mass is 35.5. The van der Waals surface area contributed by atoms with Crippen LogP contribution in [0.4, 0.5) is 10.5 Å². The van der Waals surface area contributed by atoms with E-state index in [0.717, 1.165) is 18.8 Å². The molecule has 20 heavy (non-hydrogen) atoms. The molecule has 0 atom stereocenters. The van der Waals surface area contributed by atoms with Crippen LogP contribution in [0.2, 0.25) is 5.15 Å². The third kappa shape index (κ3) is 4.00. The summed E-state index contributed by atoms with van der Waals surface area (Å²) in [6.07, 6.45) is 1.51. The maximum Gasteiger partial charge on any atom is 0.410 e. The molecule has 0 radical (unpaired) electrons. The van der Waals surface area contributed by atoms with Crippen molar-refractivity contribution in [2.24, 2.45) is 0 Å². The van der Waals surface area contributed by atoms with Gasteiger partial charge in [-0.2, -0.15) is 0 Å². The number of halogens is 1. The zero-order valence-corrected chi connectivity index (χ0v) is 12.9. The van der Waals surface area contributed by atoms with Gasteiger partial charge in [-0.15, -0.1) is 0 Å². The van der Waals surface area contributed by atoms with Gasteiger partial charge >= 0.3 is 6.09 Å². The number of nitrogens with zero attached hydrogens (tertiary/aromatic N) is 3. The SMILES string of the molecule is CC(C)(C)OC(=O)N1CCN(c2ccc(Cl)nc2)CC1. The van der Waals surface area contributed by atoms with E-state index in [1.165, 1.54) is 0 Å². The molecule has 2 heterocycles. The lowest BCUT2D eigenvalue weighted by molar-refractivity contribution is 0.0240. The van der Waals surface area contributed by atoms with Crippen LogP contribution >= 0.6 is 11.6 Å². The first-order valence-electron chi connectivity index (χ1n) is 6.69.